The predicted molar refractivity (Wildman–Crippen MR) is 109 cm³/mol. The highest BCUT2D eigenvalue weighted by atomic mass is 19.1. The number of benzene rings is 1. The Hall–Kier alpha value is -3.10. The van der Waals surface area contributed by atoms with E-state index in [2.05, 4.69) is 25.4 Å². The number of nitrogens with zero attached hydrogens (tertiary/aromatic N) is 3. The van der Waals surface area contributed by atoms with Crippen LogP contribution in [0.4, 0.5) is 10.1 Å². The number of nitrogens with one attached hydrogen (secondary N) is 2. The van der Waals surface area contributed by atoms with Gasteiger partial charge < -0.3 is 11.1 Å². The van der Waals surface area contributed by atoms with Crippen LogP contribution in [0.2, 0.25) is 0 Å². The lowest BCUT2D eigenvalue weighted by atomic mass is 10.1. The second-order valence-corrected chi connectivity index (χ2v) is 7.27. The average Bonchev–Trinajstić information content (AvgIpc) is 3.16. The summed E-state index contributed by atoms with van der Waals surface area (Å²) in [5, 5.41) is 9.91. The molecule has 0 atom stereocenters. The molecular formula is C21H23FN6O. The molecule has 0 saturated carbocycles. The van der Waals surface area contributed by atoms with Gasteiger partial charge in [0.2, 0.25) is 0 Å². The van der Waals surface area contributed by atoms with E-state index in [9.17, 15) is 9.18 Å². The SMILES string of the molecule is NC1CCN(Cc2[nH]ncc2NC(=O)c2cncc(-c3ccccc3F)c2)CC1. The van der Waals surface area contributed by atoms with E-state index >= 15 is 0 Å². The number of carbonyl (C=O) groups is 1. The summed E-state index contributed by atoms with van der Waals surface area (Å²) in [6.45, 7) is 2.50. The van der Waals surface area contributed by atoms with Gasteiger partial charge in [0.15, 0.2) is 0 Å². The Balaban J connectivity index is 1.47. The first-order chi connectivity index (χ1) is 14.1. The first-order valence-corrected chi connectivity index (χ1v) is 9.61. The molecule has 0 unspecified atom stereocenters. The highest BCUT2D eigenvalue weighted by Crippen LogP contribution is 2.23. The van der Waals surface area contributed by atoms with Crippen molar-refractivity contribution >= 4 is 11.6 Å². The number of piperidine rings is 1. The number of hydrogen-bond acceptors (Lipinski definition) is 5. The minimum atomic E-state index is -0.356. The van der Waals surface area contributed by atoms with Crippen LogP contribution >= 0.6 is 0 Å². The number of likely N-dealkylation sites (tertiary alicyclic amines) is 1. The van der Waals surface area contributed by atoms with Crippen molar-refractivity contribution in [2.24, 2.45) is 5.73 Å². The number of rotatable bonds is 5. The molecule has 8 heteroatoms. The molecule has 29 heavy (non-hydrogen) atoms. The van der Waals surface area contributed by atoms with Crippen molar-refractivity contribution in [3.05, 3.63) is 66.0 Å². The lowest BCUT2D eigenvalue weighted by Crippen LogP contribution is -2.39. The third-order valence-electron chi connectivity index (χ3n) is 5.17. The summed E-state index contributed by atoms with van der Waals surface area (Å²) < 4.78 is 14.1. The molecule has 4 N–H and O–H groups in total. The molecule has 0 bridgehead atoms. The zero-order valence-electron chi connectivity index (χ0n) is 15.9. The molecule has 1 fully saturated rings. The average molecular weight is 394 g/mol. The largest absolute Gasteiger partial charge is 0.328 e. The number of carbonyl (C=O) groups excluding carboxylic acids is 1. The topological polar surface area (TPSA) is 99.9 Å². The van der Waals surface area contributed by atoms with Gasteiger partial charge in [-0.2, -0.15) is 5.10 Å². The summed E-state index contributed by atoms with van der Waals surface area (Å²) in [6, 6.07) is 8.31. The highest BCUT2D eigenvalue weighted by Gasteiger charge is 2.19. The van der Waals surface area contributed by atoms with E-state index in [1.165, 1.54) is 12.3 Å². The maximum Gasteiger partial charge on any atom is 0.257 e. The van der Waals surface area contributed by atoms with Crippen LogP contribution in [0.1, 0.15) is 28.9 Å². The van der Waals surface area contributed by atoms with Crippen molar-refractivity contribution < 1.29 is 9.18 Å². The Morgan fingerprint density at radius 1 is 1.24 bits per heavy atom. The van der Waals surface area contributed by atoms with Crippen LogP contribution in [0.25, 0.3) is 11.1 Å². The van der Waals surface area contributed by atoms with E-state index in [0.717, 1.165) is 31.6 Å². The summed E-state index contributed by atoms with van der Waals surface area (Å²) in [4.78, 5) is 19.1. The van der Waals surface area contributed by atoms with Crippen LogP contribution in [-0.4, -0.2) is 45.1 Å². The van der Waals surface area contributed by atoms with Crippen LogP contribution in [0.3, 0.4) is 0 Å². The van der Waals surface area contributed by atoms with E-state index in [1.807, 2.05) is 0 Å². The summed E-state index contributed by atoms with van der Waals surface area (Å²) >= 11 is 0. The number of anilines is 1. The van der Waals surface area contributed by atoms with E-state index in [1.54, 1.807) is 36.7 Å². The molecule has 0 radical (unpaired) electrons. The lowest BCUT2D eigenvalue weighted by molar-refractivity contribution is 0.102. The summed E-state index contributed by atoms with van der Waals surface area (Å²) in [5.41, 5.74) is 8.73. The molecular weight excluding hydrogens is 371 g/mol. The number of amides is 1. The van der Waals surface area contributed by atoms with Gasteiger partial charge >= 0.3 is 0 Å². The molecule has 1 amide bonds. The van der Waals surface area contributed by atoms with Crippen molar-refractivity contribution in [3.63, 3.8) is 0 Å². The molecule has 3 aromatic rings. The van der Waals surface area contributed by atoms with Gasteiger partial charge in [-0.3, -0.25) is 19.8 Å². The fourth-order valence-electron chi connectivity index (χ4n) is 3.48. The van der Waals surface area contributed by atoms with Gasteiger partial charge in [0.05, 0.1) is 23.1 Å². The molecule has 2 aromatic heterocycles. The van der Waals surface area contributed by atoms with Crippen molar-refractivity contribution in [2.75, 3.05) is 18.4 Å². The van der Waals surface area contributed by atoms with Crippen LogP contribution in [-0.2, 0) is 6.54 Å². The van der Waals surface area contributed by atoms with E-state index in [0.29, 0.717) is 28.9 Å². The predicted octanol–water partition coefficient (Wildman–Crippen LogP) is 2.79. The van der Waals surface area contributed by atoms with Crippen LogP contribution in [0.5, 0.6) is 0 Å². The van der Waals surface area contributed by atoms with E-state index < -0.39 is 0 Å². The maximum atomic E-state index is 14.1. The number of pyridine rings is 1. The van der Waals surface area contributed by atoms with Crippen molar-refractivity contribution in [3.8, 4) is 11.1 Å². The van der Waals surface area contributed by atoms with Gasteiger partial charge in [-0.25, -0.2) is 4.39 Å². The molecule has 4 rings (SSSR count). The van der Waals surface area contributed by atoms with E-state index in [-0.39, 0.29) is 17.8 Å². The van der Waals surface area contributed by atoms with Crippen molar-refractivity contribution in [1.29, 1.82) is 0 Å². The number of hydrogen-bond donors (Lipinski definition) is 3. The summed E-state index contributed by atoms with van der Waals surface area (Å²) in [5.74, 6) is -0.677. The first kappa shape index (κ1) is 19.2. The lowest BCUT2D eigenvalue weighted by Gasteiger charge is -2.29. The van der Waals surface area contributed by atoms with Gasteiger partial charge in [-0.1, -0.05) is 18.2 Å². The monoisotopic (exact) mass is 394 g/mol. The normalized spacial score (nSPS) is 15.4. The Bertz CT molecular complexity index is 996. The van der Waals surface area contributed by atoms with Crippen LogP contribution in [0, 0.1) is 5.82 Å². The number of nitrogens with two attached hydrogens (primary N) is 1. The summed E-state index contributed by atoms with van der Waals surface area (Å²) in [6.07, 6.45) is 6.52. The van der Waals surface area contributed by atoms with E-state index in [4.69, 9.17) is 5.73 Å². The second kappa shape index (κ2) is 8.50. The minimum Gasteiger partial charge on any atom is -0.328 e. The van der Waals surface area contributed by atoms with Gasteiger partial charge in [-0.05, 0) is 25.0 Å². The molecule has 0 aliphatic carbocycles. The third kappa shape index (κ3) is 4.49. The molecule has 3 heterocycles. The molecule has 150 valence electrons. The molecule has 1 saturated heterocycles. The van der Waals surface area contributed by atoms with Crippen LogP contribution in [0.15, 0.2) is 48.9 Å². The smallest absolute Gasteiger partial charge is 0.257 e. The molecule has 1 aliphatic rings. The Morgan fingerprint density at radius 3 is 2.83 bits per heavy atom. The molecule has 1 aliphatic heterocycles. The summed E-state index contributed by atoms with van der Waals surface area (Å²) in [7, 11) is 0. The fourth-order valence-corrected chi connectivity index (χ4v) is 3.48. The molecule has 1 aromatic carbocycles. The third-order valence-corrected chi connectivity index (χ3v) is 5.17. The number of halogens is 1. The first-order valence-electron chi connectivity index (χ1n) is 9.61. The zero-order valence-corrected chi connectivity index (χ0v) is 15.9. The van der Waals surface area contributed by atoms with Gasteiger partial charge in [0.1, 0.15) is 5.82 Å². The Labute approximate surface area is 168 Å². The van der Waals surface area contributed by atoms with Gasteiger partial charge in [-0.15, -0.1) is 0 Å². The standard InChI is InChI=1S/C21H23FN6O/c22-18-4-2-1-3-17(18)14-9-15(11-24-10-14)21(29)26-19-12-25-27-20(19)13-28-7-5-16(23)6-8-28/h1-4,9-12,16H,5-8,13,23H2,(H,25,27)(H,26,29). The van der Waals surface area contributed by atoms with Crippen molar-refractivity contribution in [1.82, 2.24) is 20.1 Å². The molecule has 0 spiro atoms. The number of aromatic amines is 1. The highest BCUT2D eigenvalue weighted by molar-refractivity contribution is 6.04. The number of H-pyrrole nitrogens is 1. The van der Waals surface area contributed by atoms with Gasteiger partial charge in [0.25, 0.3) is 5.91 Å². The maximum absolute atomic E-state index is 14.1. The van der Waals surface area contributed by atoms with Gasteiger partial charge in [0, 0.05) is 49.2 Å². The zero-order chi connectivity index (χ0) is 20.2. The number of aromatic nitrogens is 3. The fraction of sp³-hybridized carbons (Fsp3) is 0.286. The van der Waals surface area contributed by atoms with Crippen molar-refractivity contribution in [2.45, 2.75) is 25.4 Å². The van der Waals surface area contributed by atoms with Crippen LogP contribution < -0.4 is 11.1 Å². The second-order valence-electron chi connectivity index (χ2n) is 7.27. The minimum absolute atomic E-state index is 0.265. The Morgan fingerprint density at radius 2 is 2.03 bits per heavy atom. The quantitative estimate of drug-likeness (QED) is 0.618. The Kier molecular flexibility index (Phi) is 5.64. The molecule has 7 nitrogen and oxygen atoms in total.